The number of unbranched alkanes of at least 4 members (excludes halogenated alkanes) is 1. The minimum absolute atomic E-state index is 0.0858. The second-order valence-electron chi connectivity index (χ2n) is 6.09. The molecule has 1 atom stereocenters. The van der Waals surface area contributed by atoms with E-state index in [1.54, 1.807) is 0 Å². The molecule has 0 aliphatic heterocycles. The zero-order valence-electron chi connectivity index (χ0n) is 14.5. The zero-order valence-corrected chi connectivity index (χ0v) is 14.5. The van der Waals surface area contributed by atoms with Crippen molar-refractivity contribution in [3.63, 3.8) is 0 Å². The largest absolute Gasteiger partial charge is 0.355 e. The first kappa shape index (κ1) is 19.6. The van der Waals surface area contributed by atoms with Crippen molar-refractivity contribution in [2.45, 2.75) is 25.7 Å². The van der Waals surface area contributed by atoms with Crippen LogP contribution in [0.5, 0.6) is 0 Å². The average molecular weight is 358 g/mol. The van der Waals surface area contributed by atoms with Crippen molar-refractivity contribution in [1.82, 2.24) is 10.8 Å². The molecule has 3 N–H and O–H groups in total. The fourth-order valence-corrected chi connectivity index (χ4v) is 2.67. The Bertz CT molecular complexity index is 705. The molecule has 26 heavy (non-hydrogen) atoms. The molecule has 0 aliphatic rings. The summed E-state index contributed by atoms with van der Waals surface area (Å²) in [5.74, 6) is -2.70. The number of carbonyl (C=O) groups excluding carboxylic acids is 2. The number of amides is 2. The summed E-state index contributed by atoms with van der Waals surface area (Å²) in [6.45, 7) is 0.449. The van der Waals surface area contributed by atoms with Crippen molar-refractivity contribution in [2.75, 3.05) is 6.54 Å². The molecule has 2 aromatic carbocycles. The van der Waals surface area contributed by atoms with Gasteiger partial charge < -0.3 is 5.32 Å². The van der Waals surface area contributed by atoms with Gasteiger partial charge >= 0.3 is 0 Å². The predicted molar refractivity (Wildman–Crippen MR) is 95.9 cm³/mol. The Hall–Kier alpha value is -2.73. The van der Waals surface area contributed by atoms with E-state index in [0.717, 1.165) is 19.3 Å². The number of hydroxylamine groups is 1. The molecule has 0 fully saturated rings. The summed E-state index contributed by atoms with van der Waals surface area (Å²) in [6.07, 6.45) is 2.71. The van der Waals surface area contributed by atoms with E-state index in [2.05, 4.69) is 17.4 Å². The van der Waals surface area contributed by atoms with Gasteiger partial charge in [-0.1, -0.05) is 42.5 Å². The predicted octanol–water partition coefficient (Wildman–Crippen LogP) is 2.63. The maximum Gasteiger partial charge on any atom is 0.256 e. The highest BCUT2D eigenvalue weighted by molar-refractivity contribution is 6.00. The van der Waals surface area contributed by atoms with Gasteiger partial charge in [-0.2, -0.15) is 0 Å². The third-order valence-electron chi connectivity index (χ3n) is 4.13. The van der Waals surface area contributed by atoms with Gasteiger partial charge in [0.1, 0.15) is 11.7 Å². The van der Waals surface area contributed by atoms with Gasteiger partial charge in [0, 0.05) is 6.54 Å². The Morgan fingerprint density at radius 2 is 1.62 bits per heavy atom. The van der Waals surface area contributed by atoms with Gasteiger partial charge in [0.2, 0.25) is 5.91 Å². The van der Waals surface area contributed by atoms with Crippen LogP contribution in [0.15, 0.2) is 54.6 Å². The maximum atomic E-state index is 13.0. The summed E-state index contributed by atoms with van der Waals surface area (Å²) in [5, 5.41) is 11.6. The lowest BCUT2D eigenvalue weighted by atomic mass is 9.97. The molecule has 0 heterocycles. The van der Waals surface area contributed by atoms with Gasteiger partial charge in [0.05, 0.1) is 0 Å². The fraction of sp³-hybridized carbons (Fsp3) is 0.300. The number of aryl methyl sites for hydroxylation is 1. The highest BCUT2D eigenvalue weighted by Gasteiger charge is 2.26. The van der Waals surface area contributed by atoms with E-state index >= 15 is 0 Å². The van der Waals surface area contributed by atoms with Crippen LogP contribution in [0.2, 0.25) is 0 Å². The summed E-state index contributed by atoms with van der Waals surface area (Å²) in [6, 6.07) is 15.6. The summed E-state index contributed by atoms with van der Waals surface area (Å²) >= 11 is 0. The van der Waals surface area contributed by atoms with Crippen molar-refractivity contribution in [3.05, 3.63) is 71.5 Å². The number of carbonyl (C=O) groups is 2. The number of benzene rings is 2. The van der Waals surface area contributed by atoms with Crippen molar-refractivity contribution in [3.8, 4) is 0 Å². The maximum absolute atomic E-state index is 13.0. The Kier molecular flexibility index (Phi) is 7.76. The van der Waals surface area contributed by atoms with E-state index in [-0.39, 0.29) is 12.2 Å². The molecular weight excluding hydrogens is 335 g/mol. The van der Waals surface area contributed by atoms with Gasteiger partial charge in [0.25, 0.3) is 5.91 Å². The molecule has 2 aromatic rings. The first-order valence-corrected chi connectivity index (χ1v) is 8.60. The van der Waals surface area contributed by atoms with E-state index in [0.29, 0.717) is 12.1 Å². The van der Waals surface area contributed by atoms with Crippen molar-refractivity contribution < 1.29 is 19.2 Å². The van der Waals surface area contributed by atoms with Gasteiger partial charge in [-0.15, -0.1) is 0 Å². The van der Waals surface area contributed by atoms with Gasteiger partial charge in [-0.3, -0.25) is 14.8 Å². The number of hydrogen-bond donors (Lipinski definition) is 3. The Morgan fingerprint density at radius 1 is 0.923 bits per heavy atom. The zero-order chi connectivity index (χ0) is 18.8. The highest BCUT2D eigenvalue weighted by Crippen LogP contribution is 2.11. The number of nitrogens with one attached hydrogen (secondary N) is 2. The first-order chi connectivity index (χ1) is 12.6. The van der Waals surface area contributed by atoms with Crippen LogP contribution in [-0.2, 0) is 22.4 Å². The smallest absolute Gasteiger partial charge is 0.256 e. The first-order valence-electron chi connectivity index (χ1n) is 8.60. The van der Waals surface area contributed by atoms with Crippen LogP contribution in [0.3, 0.4) is 0 Å². The van der Waals surface area contributed by atoms with E-state index in [1.807, 2.05) is 18.2 Å². The molecule has 138 valence electrons. The fourth-order valence-electron chi connectivity index (χ4n) is 2.67. The third-order valence-corrected chi connectivity index (χ3v) is 4.13. The Morgan fingerprint density at radius 3 is 2.27 bits per heavy atom. The lowest BCUT2D eigenvalue weighted by Gasteiger charge is -2.15. The lowest BCUT2D eigenvalue weighted by molar-refractivity contribution is -0.140. The second-order valence-corrected chi connectivity index (χ2v) is 6.09. The van der Waals surface area contributed by atoms with Crippen molar-refractivity contribution in [2.24, 2.45) is 5.92 Å². The standard InChI is InChI=1S/C20H23FN2O3/c21-17-11-9-16(10-12-17)14-18(20(25)23-26)19(24)22-13-5-4-8-15-6-2-1-3-7-15/h1-3,6-7,9-12,18,26H,4-5,8,13-14H2,(H,22,24)(H,23,25). The second kappa shape index (κ2) is 10.3. The van der Waals surface area contributed by atoms with Crippen molar-refractivity contribution in [1.29, 1.82) is 0 Å². The van der Waals surface area contributed by atoms with Crippen LogP contribution in [-0.4, -0.2) is 23.6 Å². The minimum Gasteiger partial charge on any atom is -0.355 e. The molecule has 1 unspecified atom stereocenters. The normalized spacial score (nSPS) is 11.6. The summed E-state index contributed by atoms with van der Waals surface area (Å²) in [7, 11) is 0. The molecule has 0 aromatic heterocycles. The molecule has 0 saturated carbocycles. The van der Waals surface area contributed by atoms with Crippen LogP contribution in [0, 0.1) is 11.7 Å². The topological polar surface area (TPSA) is 78.4 Å². The molecule has 5 nitrogen and oxygen atoms in total. The number of rotatable bonds is 9. The van der Waals surface area contributed by atoms with Crippen molar-refractivity contribution >= 4 is 11.8 Å². The number of hydrogen-bond acceptors (Lipinski definition) is 3. The van der Waals surface area contributed by atoms with Crippen LogP contribution >= 0.6 is 0 Å². The molecule has 0 aliphatic carbocycles. The molecule has 2 rings (SSSR count). The summed E-state index contributed by atoms with van der Waals surface area (Å²) in [4.78, 5) is 24.1. The Balaban J connectivity index is 1.80. The van der Waals surface area contributed by atoms with Crippen LogP contribution in [0.25, 0.3) is 0 Å². The van der Waals surface area contributed by atoms with Gasteiger partial charge in [0.15, 0.2) is 0 Å². The average Bonchev–Trinajstić information content (AvgIpc) is 2.67. The van der Waals surface area contributed by atoms with E-state index in [9.17, 15) is 14.0 Å². The SMILES string of the molecule is O=C(NO)C(Cc1ccc(F)cc1)C(=O)NCCCCc1ccccc1. The molecule has 0 bridgehead atoms. The quantitative estimate of drug-likeness (QED) is 0.279. The van der Waals surface area contributed by atoms with Crippen LogP contribution in [0.4, 0.5) is 4.39 Å². The van der Waals surface area contributed by atoms with E-state index in [4.69, 9.17) is 5.21 Å². The van der Waals surface area contributed by atoms with Gasteiger partial charge in [-0.05, 0) is 48.9 Å². The molecule has 2 amide bonds. The Labute approximate surface area is 152 Å². The third kappa shape index (κ3) is 6.29. The minimum atomic E-state index is -1.07. The monoisotopic (exact) mass is 358 g/mol. The molecule has 0 spiro atoms. The van der Waals surface area contributed by atoms with Crippen LogP contribution < -0.4 is 10.8 Å². The molecular formula is C20H23FN2O3. The summed E-state index contributed by atoms with van der Waals surface area (Å²) < 4.78 is 13.0. The van der Waals surface area contributed by atoms with Gasteiger partial charge in [-0.25, -0.2) is 9.87 Å². The van der Waals surface area contributed by atoms with E-state index in [1.165, 1.54) is 35.3 Å². The molecule has 0 radical (unpaired) electrons. The lowest BCUT2D eigenvalue weighted by Crippen LogP contribution is -2.41. The number of halogens is 1. The molecule has 0 saturated heterocycles. The summed E-state index contributed by atoms with van der Waals surface area (Å²) in [5.41, 5.74) is 3.41. The van der Waals surface area contributed by atoms with E-state index < -0.39 is 17.7 Å². The van der Waals surface area contributed by atoms with Crippen LogP contribution in [0.1, 0.15) is 24.0 Å². The highest BCUT2D eigenvalue weighted by atomic mass is 19.1. The molecule has 6 heteroatoms.